The van der Waals surface area contributed by atoms with E-state index in [-0.39, 0.29) is 0 Å². The number of aromatic nitrogens is 2. The van der Waals surface area contributed by atoms with Gasteiger partial charge >= 0.3 is 0 Å². The maximum atomic E-state index is 10.5. The lowest BCUT2D eigenvalue weighted by Gasteiger charge is -2.28. The summed E-state index contributed by atoms with van der Waals surface area (Å²) in [5.74, 6) is 0. The number of aryl methyl sites for hydroxylation is 2. The standard InChI is InChI=1S/C16H21N3O/c1-3-19-11-14(10-17-19)16(20)13-6-7-15-12(9-13)5-4-8-18(15)2/h6-7,9-11,16,20H,3-5,8H2,1-2H3. The largest absolute Gasteiger partial charge is 0.384 e. The molecule has 4 heteroatoms. The molecule has 0 amide bonds. The number of anilines is 1. The zero-order valence-electron chi connectivity index (χ0n) is 12.1. The molecule has 2 aromatic rings. The normalized spacial score (nSPS) is 16.1. The molecule has 0 saturated heterocycles. The monoisotopic (exact) mass is 271 g/mol. The van der Waals surface area contributed by atoms with Crippen LogP contribution in [0.25, 0.3) is 0 Å². The van der Waals surface area contributed by atoms with Gasteiger partial charge in [-0.2, -0.15) is 5.10 Å². The number of nitrogens with zero attached hydrogens (tertiary/aromatic N) is 3. The Morgan fingerprint density at radius 3 is 2.95 bits per heavy atom. The summed E-state index contributed by atoms with van der Waals surface area (Å²) in [6, 6.07) is 6.28. The molecular weight excluding hydrogens is 250 g/mol. The lowest BCUT2D eigenvalue weighted by atomic mass is 9.96. The summed E-state index contributed by atoms with van der Waals surface area (Å²) in [6.45, 7) is 3.97. The van der Waals surface area contributed by atoms with Crippen molar-refractivity contribution in [2.24, 2.45) is 0 Å². The predicted molar refractivity (Wildman–Crippen MR) is 80.0 cm³/mol. The molecule has 20 heavy (non-hydrogen) atoms. The van der Waals surface area contributed by atoms with Crippen molar-refractivity contribution in [3.63, 3.8) is 0 Å². The van der Waals surface area contributed by atoms with Crippen LogP contribution in [0, 0.1) is 0 Å². The van der Waals surface area contributed by atoms with Gasteiger partial charge in [-0.15, -0.1) is 0 Å². The van der Waals surface area contributed by atoms with Crippen molar-refractivity contribution in [2.45, 2.75) is 32.4 Å². The van der Waals surface area contributed by atoms with Gasteiger partial charge in [0, 0.05) is 37.6 Å². The molecule has 1 atom stereocenters. The van der Waals surface area contributed by atoms with Crippen LogP contribution in [-0.2, 0) is 13.0 Å². The van der Waals surface area contributed by atoms with Gasteiger partial charge in [-0.1, -0.05) is 12.1 Å². The molecule has 0 fully saturated rings. The van der Waals surface area contributed by atoms with Gasteiger partial charge in [0.05, 0.1) is 6.20 Å². The van der Waals surface area contributed by atoms with Crippen molar-refractivity contribution in [2.75, 3.05) is 18.5 Å². The first-order valence-corrected chi connectivity index (χ1v) is 7.23. The van der Waals surface area contributed by atoms with Crippen LogP contribution in [-0.4, -0.2) is 28.5 Å². The molecule has 106 valence electrons. The molecule has 4 nitrogen and oxygen atoms in total. The van der Waals surface area contributed by atoms with Crippen molar-refractivity contribution in [3.8, 4) is 0 Å². The first-order chi connectivity index (χ1) is 9.69. The average Bonchev–Trinajstić information content (AvgIpc) is 2.95. The maximum absolute atomic E-state index is 10.5. The number of hydrogen-bond acceptors (Lipinski definition) is 3. The van der Waals surface area contributed by atoms with Crippen molar-refractivity contribution in [1.82, 2.24) is 9.78 Å². The third-order valence-corrected chi connectivity index (χ3v) is 4.06. The molecule has 1 aliphatic heterocycles. The van der Waals surface area contributed by atoms with E-state index in [4.69, 9.17) is 0 Å². The summed E-state index contributed by atoms with van der Waals surface area (Å²) in [6.07, 6.45) is 5.34. The SMILES string of the molecule is CCn1cc(C(O)c2ccc3c(c2)CCCN3C)cn1. The minimum Gasteiger partial charge on any atom is -0.384 e. The number of aliphatic hydroxyl groups excluding tert-OH is 1. The molecule has 0 bridgehead atoms. The Hall–Kier alpha value is -1.81. The molecule has 1 aromatic carbocycles. The number of fused-ring (bicyclic) bond motifs is 1. The Balaban J connectivity index is 1.90. The van der Waals surface area contributed by atoms with E-state index in [1.54, 1.807) is 6.20 Å². The average molecular weight is 271 g/mol. The highest BCUT2D eigenvalue weighted by atomic mass is 16.3. The summed E-state index contributed by atoms with van der Waals surface area (Å²) in [5, 5.41) is 14.7. The van der Waals surface area contributed by atoms with Gasteiger partial charge in [0.2, 0.25) is 0 Å². The van der Waals surface area contributed by atoms with Gasteiger partial charge < -0.3 is 10.0 Å². The number of rotatable bonds is 3. The van der Waals surface area contributed by atoms with Crippen LogP contribution in [0.3, 0.4) is 0 Å². The van der Waals surface area contributed by atoms with E-state index in [2.05, 4.69) is 29.2 Å². The number of hydrogen-bond donors (Lipinski definition) is 1. The highest BCUT2D eigenvalue weighted by Crippen LogP contribution is 2.30. The topological polar surface area (TPSA) is 41.3 Å². The van der Waals surface area contributed by atoms with E-state index in [9.17, 15) is 5.11 Å². The molecule has 0 spiro atoms. The Bertz CT molecular complexity index is 606. The van der Waals surface area contributed by atoms with E-state index in [1.807, 2.05) is 23.9 Å². The zero-order chi connectivity index (χ0) is 14.1. The van der Waals surface area contributed by atoms with Gasteiger partial charge in [-0.3, -0.25) is 4.68 Å². The van der Waals surface area contributed by atoms with Gasteiger partial charge in [-0.25, -0.2) is 0 Å². The molecule has 1 N–H and O–H groups in total. The Morgan fingerprint density at radius 2 is 2.20 bits per heavy atom. The van der Waals surface area contributed by atoms with E-state index in [0.717, 1.165) is 30.6 Å². The van der Waals surface area contributed by atoms with Crippen molar-refractivity contribution in [3.05, 3.63) is 47.3 Å². The first-order valence-electron chi connectivity index (χ1n) is 7.23. The molecule has 3 rings (SSSR count). The molecule has 0 aliphatic carbocycles. The lowest BCUT2D eigenvalue weighted by molar-refractivity contribution is 0.220. The first kappa shape index (κ1) is 13.2. The molecule has 2 heterocycles. The fourth-order valence-corrected chi connectivity index (χ4v) is 2.86. The van der Waals surface area contributed by atoms with Crippen LogP contribution in [0.15, 0.2) is 30.6 Å². The van der Waals surface area contributed by atoms with Crippen LogP contribution >= 0.6 is 0 Å². The summed E-state index contributed by atoms with van der Waals surface area (Å²) >= 11 is 0. The van der Waals surface area contributed by atoms with E-state index >= 15 is 0 Å². The van der Waals surface area contributed by atoms with Crippen molar-refractivity contribution >= 4 is 5.69 Å². The quantitative estimate of drug-likeness (QED) is 0.932. The summed E-state index contributed by atoms with van der Waals surface area (Å²) in [7, 11) is 2.12. The van der Waals surface area contributed by atoms with Crippen LogP contribution < -0.4 is 4.90 Å². The fraction of sp³-hybridized carbons (Fsp3) is 0.438. The smallest absolute Gasteiger partial charge is 0.107 e. The van der Waals surface area contributed by atoms with Gasteiger partial charge in [0.15, 0.2) is 0 Å². The third-order valence-electron chi connectivity index (χ3n) is 4.06. The minimum absolute atomic E-state index is 0.590. The fourth-order valence-electron chi connectivity index (χ4n) is 2.86. The molecule has 0 radical (unpaired) electrons. The van der Waals surface area contributed by atoms with Gasteiger partial charge in [-0.05, 0) is 37.0 Å². The van der Waals surface area contributed by atoms with Gasteiger partial charge in [0.25, 0.3) is 0 Å². The Kier molecular flexibility index (Phi) is 3.49. The molecular formula is C16H21N3O. The molecule has 1 aromatic heterocycles. The molecule has 1 aliphatic rings. The third kappa shape index (κ3) is 2.31. The summed E-state index contributed by atoms with van der Waals surface area (Å²) in [5.41, 5.74) is 4.43. The molecule has 1 unspecified atom stereocenters. The van der Waals surface area contributed by atoms with Crippen molar-refractivity contribution < 1.29 is 5.11 Å². The second-order valence-corrected chi connectivity index (χ2v) is 5.45. The Morgan fingerprint density at radius 1 is 1.35 bits per heavy atom. The Labute approximate surface area is 119 Å². The highest BCUT2D eigenvalue weighted by molar-refractivity contribution is 5.56. The summed E-state index contributed by atoms with van der Waals surface area (Å²) < 4.78 is 1.84. The zero-order valence-corrected chi connectivity index (χ0v) is 12.1. The maximum Gasteiger partial charge on any atom is 0.107 e. The van der Waals surface area contributed by atoms with Gasteiger partial charge in [0.1, 0.15) is 6.10 Å². The second kappa shape index (κ2) is 5.29. The number of benzene rings is 1. The van der Waals surface area contributed by atoms with Crippen LogP contribution in [0.4, 0.5) is 5.69 Å². The summed E-state index contributed by atoms with van der Waals surface area (Å²) in [4.78, 5) is 2.28. The van der Waals surface area contributed by atoms with Crippen LogP contribution in [0.2, 0.25) is 0 Å². The predicted octanol–water partition coefficient (Wildman–Crippen LogP) is 2.37. The van der Waals surface area contributed by atoms with E-state index < -0.39 is 6.10 Å². The lowest BCUT2D eigenvalue weighted by Crippen LogP contribution is -2.24. The van der Waals surface area contributed by atoms with Crippen molar-refractivity contribution in [1.29, 1.82) is 0 Å². The molecule has 0 saturated carbocycles. The van der Waals surface area contributed by atoms with Crippen LogP contribution in [0.1, 0.15) is 36.1 Å². The number of aliphatic hydroxyl groups is 1. The second-order valence-electron chi connectivity index (χ2n) is 5.45. The van der Waals surface area contributed by atoms with Crippen LogP contribution in [0.5, 0.6) is 0 Å². The van der Waals surface area contributed by atoms with E-state index in [0.29, 0.717) is 0 Å². The van der Waals surface area contributed by atoms with E-state index in [1.165, 1.54) is 17.7 Å². The highest BCUT2D eigenvalue weighted by Gasteiger charge is 2.18. The minimum atomic E-state index is -0.590.